The molecule has 0 aliphatic carbocycles. The Morgan fingerprint density at radius 3 is 3.05 bits per heavy atom. The van der Waals surface area contributed by atoms with Crippen LogP contribution in [0, 0.1) is 0 Å². The number of ether oxygens (including phenoxy) is 1. The summed E-state index contributed by atoms with van der Waals surface area (Å²) >= 11 is 1.17. The van der Waals surface area contributed by atoms with E-state index in [9.17, 15) is 9.59 Å². The number of nitrogens with zero attached hydrogens (tertiary/aromatic N) is 1. The van der Waals surface area contributed by atoms with E-state index in [1.54, 1.807) is 12.1 Å². The molecule has 0 fully saturated rings. The highest BCUT2D eigenvalue weighted by molar-refractivity contribution is 7.99. The Bertz CT molecular complexity index is 672. The van der Waals surface area contributed by atoms with E-state index in [-0.39, 0.29) is 17.2 Å². The zero-order valence-electron chi connectivity index (χ0n) is 11.5. The maximum atomic E-state index is 11.8. The highest BCUT2D eigenvalue weighted by Crippen LogP contribution is 2.18. The number of H-pyrrole nitrogens is 1. The lowest BCUT2D eigenvalue weighted by Crippen LogP contribution is -2.15. The Kier molecular flexibility index (Phi) is 5.39. The minimum Gasteiger partial charge on any atom is -0.494 e. The molecule has 1 aromatic heterocycles. The van der Waals surface area contributed by atoms with Crippen molar-refractivity contribution in [2.75, 3.05) is 17.7 Å². The van der Waals surface area contributed by atoms with Crippen LogP contribution >= 0.6 is 11.8 Å². The number of benzene rings is 1. The molecule has 1 heterocycles. The first-order chi connectivity index (χ1) is 10.2. The molecule has 2 N–H and O–H groups in total. The first kappa shape index (κ1) is 15.1. The second-order valence-corrected chi connectivity index (χ2v) is 5.00. The summed E-state index contributed by atoms with van der Waals surface area (Å²) in [5.74, 6) is 0.684. The molecule has 6 nitrogen and oxygen atoms in total. The minimum absolute atomic E-state index is 0.159. The van der Waals surface area contributed by atoms with Gasteiger partial charge in [-0.2, -0.15) is 0 Å². The largest absolute Gasteiger partial charge is 0.494 e. The van der Waals surface area contributed by atoms with Gasteiger partial charge in [0.25, 0.3) is 5.56 Å². The first-order valence-corrected chi connectivity index (χ1v) is 7.37. The maximum Gasteiger partial charge on any atom is 0.251 e. The summed E-state index contributed by atoms with van der Waals surface area (Å²) in [5.41, 5.74) is 0.429. The zero-order valence-corrected chi connectivity index (χ0v) is 12.3. The van der Waals surface area contributed by atoms with Crippen LogP contribution in [0.3, 0.4) is 0 Å². The Hall–Kier alpha value is -2.28. The molecule has 7 heteroatoms. The summed E-state index contributed by atoms with van der Waals surface area (Å²) in [4.78, 5) is 29.5. The van der Waals surface area contributed by atoms with Crippen LogP contribution in [0.5, 0.6) is 5.75 Å². The van der Waals surface area contributed by atoms with Crippen molar-refractivity contribution in [3.8, 4) is 5.75 Å². The van der Waals surface area contributed by atoms with Crippen LogP contribution < -0.4 is 15.6 Å². The Balaban J connectivity index is 1.89. The topological polar surface area (TPSA) is 84.1 Å². The number of rotatable bonds is 6. The second-order valence-electron chi connectivity index (χ2n) is 4.04. The quantitative estimate of drug-likeness (QED) is 0.629. The van der Waals surface area contributed by atoms with Crippen molar-refractivity contribution in [2.24, 2.45) is 0 Å². The first-order valence-electron chi connectivity index (χ1n) is 6.38. The van der Waals surface area contributed by atoms with Gasteiger partial charge >= 0.3 is 0 Å². The Labute approximate surface area is 125 Å². The molecule has 0 bridgehead atoms. The molecule has 0 aliphatic rings. The van der Waals surface area contributed by atoms with Crippen molar-refractivity contribution in [1.29, 1.82) is 0 Å². The van der Waals surface area contributed by atoms with E-state index >= 15 is 0 Å². The molecule has 0 radical (unpaired) electrons. The van der Waals surface area contributed by atoms with Crippen molar-refractivity contribution < 1.29 is 9.53 Å². The highest BCUT2D eigenvalue weighted by Gasteiger charge is 2.05. The lowest BCUT2D eigenvalue weighted by atomic mass is 10.3. The van der Waals surface area contributed by atoms with Crippen LogP contribution in [0.2, 0.25) is 0 Å². The van der Waals surface area contributed by atoms with E-state index in [1.165, 1.54) is 24.0 Å². The van der Waals surface area contributed by atoms with Gasteiger partial charge in [0.05, 0.1) is 12.4 Å². The van der Waals surface area contributed by atoms with Crippen molar-refractivity contribution in [1.82, 2.24) is 9.97 Å². The monoisotopic (exact) mass is 305 g/mol. The minimum atomic E-state index is -0.239. The van der Waals surface area contributed by atoms with Crippen LogP contribution in [0.25, 0.3) is 0 Å². The molecule has 0 unspecified atom stereocenters. The Morgan fingerprint density at radius 2 is 2.29 bits per heavy atom. The van der Waals surface area contributed by atoms with E-state index in [0.29, 0.717) is 23.2 Å². The second kappa shape index (κ2) is 7.49. The third-order valence-electron chi connectivity index (χ3n) is 2.42. The van der Waals surface area contributed by atoms with Crippen LogP contribution in [0.1, 0.15) is 6.92 Å². The standard InChI is InChI=1S/C14H15N3O3S/c1-2-20-11-5-3-4-10(8-11)16-13(19)9-21-14-15-7-6-12(18)17-14/h3-8H,2,9H2,1H3,(H,16,19)(H,15,17,18). The molecule has 2 rings (SSSR count). The normalized spacial score (nSPS) is 10.1. The number of carbonyl (C=O) groups excluding carboxylic acids is 1. The number of nitrogens with one attached hydrogen (secondary N) is 2. The van der Waals surface area contributed by atoms with Gasteiger partial charge in [0.1, 0.15) is 5.75 Å². The average Bonchev–Trinajstić information content (AvgIpc) is 2.46. The molecule has 0 spiro atoms. The summed E-state index contributed by atoms with van der Waals surface area (Å²) in [6, 6.07) is 8.50. The summed E-state index contributed by atoms with van der Waals surface area (Å²) in [6.45, 7) is 2.47. The van der Waals surface area contributed by atoms with E-state index in [1.807, 2.05) is 19.1 Å². The number of carbonyl (C=O) groups is 1. The van der Waals surface area contributed by atoms with Gasteiger partial charge in [-0.3, -0.25) is 9.59 Å². The van der Waals surface area contributed by atoms with Gasteiger partial charge in [0.15, 0.2) is 5.16 Å². The van der Waals surface area contributed by atoms with Crippen molar-refractivity contribution in [3.05, 3.63) is 46.9 Å². The molecule has 1 aromatic carbocycles. The number of aromatic amines is 1. The van der Waals surface area contributed by atoms with Gasteiger partial charge in [0, 0.05) is 24.0 Å². The Morgan fingerprint density at radius 1 is 1.43 bits per heavy atom. The summed E-state index contributed by atoms with van der Waals surface area (Å²) in [7, 11) is 0. The van der Waals surface area contributed by atoms with Crippen molar-refractivity contribution >= 4 is 23.4 Å². The van der Waals surface area contributed by atoms with E-state index in [0.717, 1.165) is 0 Å². The third-order valence-corrected chi connectivity index (χ3v) is 3.30. The number of hydrogen-bond acceptors (Lipinski definition) is 5. The molecule has 2 aromatic rings. The van der Waals surface area contributed by atoms with Crippen LogP contribution in [-0.4, -0.2) is 28.2 Å². The molecule has 0 aliphatic heterocycles. The highest BCUT2D eigenvalue weighted by atomic mass is 32.2. The van der Waals surface area contributed by atoms with Gasteiger partial charge in [-0.05, 0) is 19.1 Å². The van der Waals surface area contributed by atoms with E-state index in [4.69, 9.17) is 4.74 Å². The lowest BCUT2D eigenvalue weighted by molar-refractivity contribution is -0.113. The van der Waals surface area contributed by atoms with Gasteiger partial charge in [0.2, 0.25) is 5.91 Å². The molecule has 0 saturated carbocycles. The summed E-state index contributed by atoms with van der Waals surface area (Å²) in [6.07, 6.45) is 1.41. The number of thioether (sulfide) groups is 1. The predicted molar refractivity (Wildman–Crippen MR) is 81.8 cm³/mol. The fourth-order valence-corrected chi connectivity index (χ4v) is 2.23. The molecular weight excluding hydrogens is 290 g/mol. The molecule has 110 valence electrons. The van der Waals surface area contributed by atoms with Crippen LogP contribution in [0.15, 0.2) is 46.5 Å². The maximum absolute atomic E-state index is 11.8. The number of amides is 1. The predicted octanol–water partition coefficient (Wildman–Crippen LogP) is 1.90. The molecule has 21 heavy (non-hydrogen) atoms. The van der Waals surface area contributed by atoms with Gasteiger partial charge in [-0.25, -0.2) is 4.98 Å². The molecule has 0 atom stereocenters. The van der Waals surface area contributed by atoms with E-state index in [2.05, 4.69) is 15.3 Å². The third kappa shape index (κ3) is 4.96. The van der Waals surface area contributed by atoms with Gasteiger partial charge < -0.3 is 15.0 Å². The summed E-state index contributed by atoms with van der Waals surface area (Å²) in [5, 5.41) is 3.18. The zero-order chi connectivity index (χ0) is 15.1. The molecular formula is C14H15N3O3S. The fraction of sp³-hybridized carbons (Fsp3) is 0.214. The summed E-state index contributed by atoms with van der Waals surface area (Å²) < 4.78 is 5.36. The van der Waals surface area contributed by atoms with Crippen LogP contribution in [-0.2, 0) is 4.79 Å². The van der Waals surface area contributed by atoms with Crippen molar-refractivity contribution in [3.63, 3.8) is 0 Å². The SMILES string of the molecule is CCOc1cccc(NC(=O)CSc2nccc(=O)[nH]2)c1. The van der Waals surface area contributed by atoms with Gasteiger partial charge in [-0.15, -0.1) is 0 Å². The average molecular weight is 305 g/mol. The lowest BCUT2D eigenvalue weighted by Gasteiger charge is -2.07. The van der Waals surface area contributed by atoms with Crippen molar-refractivity contribution in [2.45, 2.75) is 12.1 Å². The molecule has 0 saturated heterocycles. The number of hydrogen-bond donors (Lipinski definition) is 2. The van der Waals surface area contributed by atoms with Gasteiger partial charge in [-0.1, -0.05) is 17.8 Å². The number of aromatic nitrogens is 2. The fourth-order valence-electron chi connectivity index (χ4n) is 1.59. The smallest absolute Gasteiger partial charge is 0.251 e. The van der Waals surface area contributed by atoms with Crippen LogP contribution in [0.4, 0.5) is 5.69 Å². The number of anilines is 1. The van der Waals surface area contributed by atoms with E-state index < -0.39 is 0 Å². The molecule has 1 amide bonds.